The van der Waals surface area contributed by atoms with Crippen LogP contribution in [0.15, 0.2) is 0 Å². The quantitative estimate of drug-likeness (QED) is 0.706. The number of carbonyl (C=O) groups is 1. The van der Waals surface area contributed by atoms with Crippen molar-refractivity contribution >= 4 is 33.3 Å². The maximum atomic E-state index is 12.7. The summed E-state index contributed by atoms with van der Waals surface area (Å²) >= 11 is 1.90. The van der Waals surface area contributed by atoms with Crippen LogP contribution in [0.2, 0.25) is 0 Å². The van der Waals surface area contributed by atoms with Crippen LogP contribution in [0.3, 0.4) is 0 Å². The van der Waals surface area contributed by atoms with Crippen LogP contribution in [0, 0.1) is 11.8 Å². The largest absolute Gasteiger partial charge is 0.352 e. The molecule has 1 saturated carbocycles. The molecule has 2 aromatic rings. The average molecular weight is 427 g/mol. The lowest BCUT2D eigenvalue weighted by Gasteiger charge is -2.39. The highest BCUT2D eigenvalue weighted by Crippen LogP contribution is 2.42. The molecule has 3 aliphatic rings. The number of amides is 1. The third-order valence-electron chi connectivity index (χ3n) is 7.55. The number of anilines is 1. The summed E-state index contributed by atoms with van der Waals surface area (Å²) in [5, 5.41) is 1.31. The van der Waals surface area contributed by atoms with E-state index >= 15 is 0 Å². The Balaban J connectivity index is 1.47. The second-order valence-electron chi connectivity index (χ2n) is 9.69. The molecular weight excluding hydrogens is 392 g/mol. The second kappa shape index (κ2) is 8.10. The summed E-state index contributed by atoms with van der Waals surface area (Å²) in [4.78, 5) is 30.1. The number of thiophene rings is 1. The van der Waals surface area contributed by atoms with Crippen LogP contribution >= 0.6 is 11.3 Å². The molecule has 0 unspecified atom stereocenters. The summed E-state index contributed by atoms with van der Waals surface area (Å²) in [6.45, 7) is 10.2. The molecule has 2 aliphatic carbocycles. The minimum Gasteiger partial charge on any atom is -0.352 e. The zero-order valence-corrected chi connectivity index (χ0v) is 19.4. The number of aromatic nitrogens is 2. The first-order chi connectivity index (χ1) is 14.5. The smallest absolute Gasteiger partial charge is 0.225 e. The molecule has 0 N–H and O–H groups in total. The van der Waals surface area contributed by atoms with Gasteiger partial charge in [0.2, 0.25) is 5.91 Å². The molecule has 0 aromatic carbocycles. The SMILES string of the molecule is CC[C@H](C)c1nc(N2CCN(C(=O)C3CCC3)CC2)c2c3c(sc2n1)C[C@@H](C)CC3. The molecule has 2 atom stereocenters. The van der Waals surface area contributed by atoms with Crippen molar-refractivity contribution in [1.29, 1.82) is 0 Å². The third-order valence-corrected chi connectivity index (χ3v) is 8.70. The monoisotopic (exact) mass is 426 g/mol. The van der Waals surface area contributed by atoms with Gasteiger partial charge in [-0.2, -0.15) is 0 Å². The van der Waals surface area contributed by atoms with Gasteiger partial charge in [0.05, 0.1) is 5.39 Å². The minimum atomic E-state index is 0.296. The van der Waals surface area contributed by atoms with Crippen LogP contribution in [0.4, 0.5) is 5.82 Å². The van der Waals surface area contributed by atoms with Crippen LogP contribution in [-0.2, 0) is 17.6 Å². The van der Waals surface area contributed by atoms with Crippen molar-refractivity contribution in [3.63, 3.8) is 0 Å². The summed E-state index contributed by atoms with van der Waals surface area (Å²) < 4.78 is 0. The number of aryl methyl sites for hydroxylation is 1. The highest BCUT2D eigenvalue weighted by molar-refractivity contribution is 7.19. The molecule has 0 spiro atoms. The lowest BCUT2D eigenvalue weighted by Crippen LogP contribution is -2.51. The van der Waals surface area contributed by atoms with Crippen LogP contribution in [-0.4, -0.2) is 47.0 Å². The van der Waals surface area contributed by atoms with Gasteiger partial charge in [0.15, 0.2) is 0 Å². The van der Waals surface area contributed by atoms with Crippen molar-refractivity contribution in [2.24, 2.45) is 11.8 Å². The first-order valence-electron chi connectivity index (χ1n) is 11.9. The van der Waals surface area contributed by atoms with Crippen molar-refractivity contribution < 1.29 is 4.79 Å². The van der Waals surface area contributed by atoms with E-state index in [2.05, 4.69) is 30.6 Å². The van der Waals surface area contributed by atoms with E-state index in [1.165, 1.54) is 39.9 Å². The van der Waals surface area contributed by atoms with E-state index in [1.54, 1.807) is 0 Å². The van der Waals surface area contributed by atoms with Crippen LogP contribution in [0.25, 0.3) is 10.2 Å². The van der Waals surface area contributed by atoms with Crippen molar-refractivity contribution in [3.05, 3.63) is 16.3 Å². The van der Waals surface area contributed by atoms with Crippen molar-refractivity contribution in [3.8, 4) is 0 Å². The van der Waals surface area contributed by atoms with Crippen LogP contribution in [0.1, 0.15) is 75.1 Å². The fourth-order valence-electron chi connectivity index (χ4n) is 5.02. The zero-order chi connectivity index (χ0) is 20.8. The van der Waals surface area contributed by atoms with Crippen molar-refractivity contribution in [1.82, 2.24) is 14.9 Å². The number of fused-ring (bicyclic) bond motifs is 3. The lowest BCUT2D eigenvalue weighted by molar-refractivity contribution is -0.138. The second-order valence-corrected chi connectivity index (χ2v) is 10.8. The molecule has 0 bridgehead atoms. The van der Waals surface area contributed by atoms with E-state index in [0.29, 0.717) is 17.7 Å². The van der Waals surface area contributed by atoms with Gasteiger partial charge in [0.1, 0.15) is 16.5 Å². The van der Waals surface area contributed by atoms with Gasteiger partial charge in [-0.25, -0.2) is 9.97 Å². The van der Waals surface area contributed by atoms with Gasteiger partial charge >= 0.3 is 0 Å². The highest BCUT2D eigenvalue weighted by Gasteiger charge is 2.33. The number of hydrogen-bond donors (Lipinski definition) is 0. The van der Waals surface area contributed by atoms with Gasteiger partial charge in [-0.1, -0.05) is 27.2 Å². The topological polar surface area (TPSA) is 49.3 Å². The fourth-order valence-corrected chi connectivity index (χ4v) is 6.41. The van der Waals surface area contributed by atoms with Gasteiger partial charge in [-0.15, -0.1) is 11.3 Å². The lowest BCUT2D eigenvalue weighted by atomic mass is 9.84. The Bertz CT molecular complexity index is 942. The average Bonchev–Trinajstić information content (AvgIpc) is 3.08. The predicted molar refractivity (Wildman–Crippen MR) is 123 cm³/mol. The van der Waals surface area contributed by atoms with Crippen molar-refractivity contribution in [2.45, 2.75) is 71.6 Å². The molecule has 2 fully saturated rings. The normalized spacial score (nSPS) is 23.4. The Kier molecular flexibility index (Phi) is 5.46. The van der Waals surface area contributed by atoms with Crippen LogP contribution in [0.5, 0.6) is 0 Å². The summed E-state index contributed by atoms with van der Waals surface area (Å²) in [6, 6.07) is 0. The summed E-state index contributed by atoms with van der Waals surface area (Å²) in [6.07, 6.45) is 8.03. The van der Waals surface area contributed by atoms with Gasteiger partial charge < -0.3 is 9.80 Å². The minimum absolute atomic E-state index is 0.296. The van der Waals surface area contributed by atoms with Gasteiger partial charge in [-0.05, 0) is 50.0 Å². The van der Waals surface area contributed by atoms with E-state index in [9.17, 15) is 4.79 Å². The Morgan fingerprint density at radius 3 is 2.60 bits per heavy atom. The van der Waals surface area contributed by atoms with Gasteiger partial charge in [-0.3, -0.25) is 4.79 Å². The Labute approximate surface area is 183 Å². The van der Waals surface area contributed by atoms with E-state index in [0.717, 1.165) is 69.4 Å². The maximum Gasteiger partial charge on any atom is 0.225 e. The Hall–Kier alpha value is -1.69. The molecule has 162 valence electrons. The standard InChI is InChI=1S/C24H34N4OS/c1-4-16(3)21-25-22(20-18-9-8-15(2)14-19(18)30-23(20)26-21)27-10-12-28(13-11-27)24(29)17-6-5-7-17/h15-17H,4-14H2,1-3H3/t15-,16-/m0/s1. The summed E-state index contributed by atoms with van der Waals surface area (Å²) in [5.74, 6) is 3.93. The van der Waals surface area contributed by atoms with E-state index in [-0.39, 0.29) is 0 Å². The number of piperazine rings is 1. The predicted octanol–water partition coefficient (Wildman–Crippen LogP) is 4.78. The van der Waals surface area contributed by atoms with E-state index in [1.807, 2.05) is 11.3 Å². The first-order valence-corrected chi connectivity index (χ1v) is 12.7. The van der Waals surface area contributed by atoms with Gasteiger partial charge in [0, 0.05) is 42.9 Å². The molecule has 1 aliphatic heterocycles. The molecule has 2 aromatic heterocycles. The number of carbonyl (C=O) groups excluding carboxylic acids is 1. The molecule has 1 amide bonds. The maximum absolute atomic E-state index is 12.7. The molecule has 3 heterocycles. The molecule has 0 radical (unpaired) electrons. The van der Waals surface area contributed by atoms with Gasteiger partial charge in [0.25, 0.3) is 0 Å². The van der Waals surface area contributed by atoms with E-state index in [4.69, 9.17) is 9.97 Å². The van der Waals surface area contributed by atoms with E-state index < -0.39 is 0 Å². The summed E-state index contributed by atoms with van der Waals surface area (Å²) in [5.41, 5.74) is 1.51. The first kappa shape index (κ1) is 20.2. The number of nitrogens with zero attached hydrogens (tertiary/aromatic N) is 4. The molecule has 30 heavy (non-hydrogen) atoms. The molecule has 1 saturated heterocycles. The molecule has 6 heteroatoms. The number of hydrogen-bond acceptors (Lipinski definition) is 5. The number of rotatable bonds is 4. The molecular formula is C24H34N4OS. The molecule has 5 rings (SSSR count). The highest BCUT2D eigenvalue weighted by atomic mass is 32.1. The molecule has 5 nitrogen and oxygen atoms in total. The van der Waals surface area contributed by atoms with Crippen molar-refractivity contribution in [2.75, 3.05) is 31.1 Å². The summed E-state index contributed by atoms with van der Waals surface area (Å²) in [7, 11) is 0. The fraction of sp³-hybridized carbons (Fsp3) is 0.708. The van der Waals surface area contributed by atoms with Crippen LogP contribution < -0.4 is 4.90 Å². The zero-order valence-electron chi connectivity index (χ0n) is 18.6. The Morgan fingerprint density at radius 2 is 1.93 bits per heavy atom. The Morgan fingerprint density at radius 1 is 1.17 bits per heavy atom. The third kappa shape index (κ3) is 3.51.